The van der Waals surface area contributed by atoms with E-state index < -0.39 is 0 Å². The number of oxazole rings is 1. The first kappa shape index (κ1) is 22.2. The molecule has 2 aromatic heterocycles. The van der Waals surface area contributed by atoms with Crippen molar-refractivity contribution in [3.8, 4) is 28.5 Å². The van der Waals surface area contributed by atoms with E-state index in [1.807, 2.05) is 67.3 Å². The molecule has 0 fully saturated rings. The maximum atomic E-state index is 9.55. The number of anilines is 3. The third kappa shape index (κ3) is 5.09. The molecular formula is C24H26N6O3. The van der Waals surface area contributed by atoms with Gasteiger partial charge in [-0.3, -0.25) is 0 Å². The van der Waals surface area contributed by atoms with Crippen LogP contribution < -0.4 is 15.0 Å². The molecule has 0 amide bonds. The molecule has 33 heavy (non-hydrogen) atoms. The maximum absolute atomic E-state index is 9.55. The SMILES string of the molecule is COc1cc(Nc2nc(-c3ccccc3)nc(N(CCO)C(C)C)n2)ccc1-c1cnco1. The number of hydrogen-bond acceptors (Lipinski definition) is 9. The Hall–Kier alpha value is -3.98. The van der Waals surface area contributed by atoms with Gasteiger partial charge < -0.3 is 24.5 Å². The number of hydrogen-bond donors (Lipinski definition) is 2. The van der Waals surface area contributed by atoms with Gasteiger partial charge in [-0.1, -0.05) is 30.3 Å². The quantitative estimate of drug-likeness (QED) is 0.392. The fraction of sp³-hybridized carbons (Fsp3) is 0.250. The third-order valence-corrected chi connectivity index (χ3v) is 5.03. The number of methoxy groups -OCH3 is 1. The summed E-state index contributed by atoms with van der Waals surface area (Å²) in [6.45, 7) is 4.46. The molecule has 0 atom stereocenters. The number of benzene rings is 2. The van der Waals surface area contributed by atoms with E-state index in [0.29, 0.717) is 35.8 Å². The van der Waals surface area contributed by atoms with Crippen molar-refractivity contribution in [2.24, 2.45) is 0 Å². The highest BCUT2D eigenvalue weighted by Crippen LogP contribution is 2.33. The normalized spacial score (nSPS) is 10.9. The molecule has 0 saturated carbocycles. The summed E-state index contributed by atoms with van der Waals surface area (Å²) in [4.78, 5) is 19.9. The molecule has 2 aromatic carbocycles. The molecule has 0 spiro atoms. The van der Waals surface area contributed by atoms with E-state index in [9.17, 15) is 5.11 Å². The highest BCUT2D eigenvalue weighted by Gasteiger charge is 2.18. The largest absolute Gasteiger partial charge is 0.496 e. The molecule has 9 heteroatoms. The molecule has 0 bridgehead atoms. The first-order valence-corrected chi connectivity index (χ1v) is 10.6. The van der Waals surface area contributed by atoms with Crippen molar-refractivity contribution >= 4 is 17.6 Å². The van der Waals surface area contributed by atoms with Crippen LogP contribution in [-0.2, 0) is 0 Å². The molecule has 4 aromatic rings. The molecule has 0 saturated heterocycles. The van der Waals surface area contributed by atoms with Gasteiger partial charge in [0.25, 0.3) is 0 Å². The van der Waals surface area contributed by atoms with Crippen molar-refractivity contribution in [1.29, 1.82) is 0 Å². The molecule has 4 rings (SSSR count). The zero-order valence-electron chi connectivity index (χ0n) is 18.8. The highest BCUT2D eigenvalue weighted by atomic mass is 16.5. The number of aliphatic hydroxyl groups is 1. The van der Waals surface area contributed by atoms with Gasteiger partial charge in [0.15, 0.2) is 18.0 Å². The Balaban J connectivity index is 1.73. The first-order chi connectivity index (χ1) is 16.1. The molecular weight excluding hydrogens is 420 g/mol. The van der Waals surface area contributed by atoms with E-state index in [1.165, 1.54) is 6.39 Å². The smallest absolute Gasteiger partial charge is 0.232 e. The van der Waals surface area contributed by atoms with Crippen LogP contribution in [0.2, 0.25) is 0 Å². The van der Waals surface area contributed by atoms with Crippen LogP contribution in [0.1, 0.15) is 13.8 Å². The van der Waals surface area contributed by atoms with Crippen LogP contribution in [0.15, 0.2) is 65.5 Å². The lowest BCUT2D eigenvalue weighted by Gasteiger charge is -2.26. The topological polar surface area (TPSA) is 109 Å². The summed E-state index contributed by atoms with van der Waals surface area (Å²) < 4.78 is 11.0. The van der Waals surface area contributed by atoms with Gasteiger partial charge in [-0.25, -0.2) is 4.98 Å². The van der Waals surface area contributed by atoms with Gasteiger partial charge in [0.1, 0.15) is 5.75 Å². The molecule has 0 unspecified atom stereocenters. The van der Waals surface area contributed by atoms with Crippen molar-refractivity contribution in [2.45, 2.75) is 19.9 Å². The summed E-state index contributed by atoms with van der Waals surface area (Å²) in [7, 11) is 1.60. The first-order valence-electron chi connectivity index (χ1n) is 10.6. The number of aliphatic hydroxyl groups excluding tert-OH is 1. The zero-order chi connectivity index (χ0) is 23.2. The lowest BCUT2D eigenvalue weighted by molar-refractivity contribution is 0.298. The molecule has 9 nitrogen and oxygen atoms in total. The number of rotatable bonds is 9. The lowest BCUT2D eigenvalue weighted by Crippen LogP contribution is -2.35. The fourth-order valence-electron chi connectivity index (χ4n) is 3.41. The lowest BCUT2D eigenvalue weighted by atomic mass is 10.1. The van der Waals surface area contributed by atoms with E-state index in [0.717, 1.165) is 16.8 Å². The molecule has 0 aliphatic carbocycles. The molecule has 2 N–H and O–H groups in total. The minimum Gasteiger partial charge on any atom is -0.496 e. The highest BCUT2D eigenvalue weighted by molar-refractivity contribution is 5.71. The average Bonchev–Trinajstić information content (AvgIpc) is 3.37. The van der Waals surface area contributed by atoms with E-state index in [-0.39, 0.29) is 12.6 Å². The number of nitrogens with one attached hydrogen (secondary N) is 1. The fourth-order valence-corrected chi connectivity index (χ4v) is 3.41. The predicted molar refractivity (Wildman–Crippen MR) is 127 cm³/mol. The average molecular weight is 447 g/mol. The Bertz CT molecular complexity index is 1180. The molecule has 0 radical (unpaired) electrons. The molecule has 0 aliphatic heterocycles. The van der Waals surface area contributed by atoms with Gasteiger partial charge in [0, 0.05) is 29.9 Å². The minimum absolute atomic E-state index is 0.00636. The Morgan fingerprint density at radius 3 is 2.58 bits per heavy atom. The van der Waals surface area contributed by atoms with Gasteiger partial charge in [0.2, 0.25) is 11.9 Å². The Morgan fingerprint density at radius 1 is 1.09 bits per heavy atom. The Labute approximate surface area is 192 Å². The maximum Gasteiger partial charge on any atom is 0.232 e. The summed E-state index contributed by atoms with van der Waals surface area (Å²) in [6.07, 6.45) is 3.02. The van der Waals surface area contributed by atoms with Crippen LogP contribution in [0.4, 0.5) is 17.6 Å². The Kier molecular flexibility index (Phi) is 6.80. The van der Waals surface area contributed by atoms with Gasteiger partial charge in [-0.05, 0) is 26.0 Å². The molecule has 170 valence electrons. The molecule has 0 aliphatic rings. The van der Waals surface area contributed by atoms with E-state index in [2.05, 4.69) is 25.3 Å². The monoisotopic (exact) mass is 446 g/mol. The van der Waals surface area contributed by atoms with Crippen LogP contribution in [0.25, 0.3) is 22.7 Å². The van der Waals surface area contributed by atoms with Gasteiger partial charge in [-0.15, -0.1) is 0 Å². The van der Waals surface area contributed by atoms with Crippen LogP contribution in [0.5, 0.6) is 5.75 Å². The van der Waals surface area contributed by atoms with Gasteiger partial charge in [-0.2, -0.15) is 15.0 Å². The number of aromatic nitrogens is 4. The summed E-state index contributed by atoms with van der Waals surface area (Å²) in [6, 6.07) is 15.4. The standard InChI is InChI=1S/C24H26N6O3/c1-16(2)30(11-12-31)24-28-22(17-7-5-4-6-8-17)27-23(29-24)26-18-9-10-19(20(13-18)32-3)21-14-25-15-33-21/h4-10,13-16,31H,11-12H2,1-3H3,(H,26,27,28,29). The van der Waals surface area contributed by atoms with Crippen LogP contribution in [-0.4, -0.2) is 51.3 Å². The summed E-state index contributed by atoms with van der Waals surface area (Å²) in [5, 5.41) is 12.8. The van der Waals surface area contributed by atoms with E-state index in [4.69, 9.17) is 9.15 Å². The summed E-state index contributed by atoms with van der Waals surface area (Å²) >= 11 is 0. The number of nitrogens with zero attached hydrogens (tertiary/aromatic N) is 5. The van der Waals surface area contributed by atoms with Crippen molar-refractivity contribution in [2.75, 3.05) is 30.5 Å². The summed E-state index contributed by atoms with van der Waals surface area (Å²) in [5.41, 5.74) is 2.40. The summed E-state index contributed by atoms with van der Waals surface area (Å²) in [5.74, 6) is 2.65. The van der Waals surface area contributed by atoms with Crippen LogP contribution in [0, 0.1) is 0 Å². The van der Waals surface area contributed by atoms with Crippen molar-refractivity contribution in [1.82, 2.24) is 19.9 Å². The van der Waals surface area contributed by atoms with Gasteiger partial charge >= 0.3 is 0 Å². The molecule has 2 heterocycles. The minimum atomic E-state index is -0.00636. The van der Waals surface area contributed by atoms with Crippen molar-refractivity contribution in [3.63, 3.8) is 0 Å². The second-order valence-corrected chi connectivity index (χ2v) is 7.57. The Morgan fingerprint density at radius 2 is 1.91 bits per heavy atom. The second kappa shape index (κ2) is 10.1. The zero-order valence-corrected chi connectivity index (χ0v) is 18.8. The van der Waals surface area contributed by atoms with Crippen LogP contribution in [0.3, 0.4) is 0 Å². The third-order valence-electron chi connectivity index (χ3n) is 5.03. The van der Waals surface area contributed by atoms with Gasteiger partial charge in [0.05, 0.1) is 25.5 Å². The van der Waals surface area contributed by atoms with E-state index >= 15 is 0 Å². The van der Waals surface area contributed by atoms with Crippen LogP contribution >= 0.6 is 0 Å². The van der Waals surface area contributed by atoms with Crippen molar-refractivity contribution in [3.05, 3.63) is 61.1 Å². The number of ether oxygens (including phenoxy) is 1. The van der Waals surface area contributed by atoms with E-state index in [1.54, 1.807) is 13.3 Å². The van der Waals surface area contributed by atoms with Crippen molar-refractivity contribution < 1.29 is 14.3 Å². The second-order valence-electron chi connectivity index (χ2n) is 7.57. The predicted octanol–water partition coefficient (Wildman–Crippen LogP) is 4.15.